The van der Waals surface area contributed by atoms with Gasteiger partial charge in [0.2, 0.25) is 5.95 Å². The third kappa shape index (κ3) is 7.32. The fourth-order valence-corrected chi connectivity index (χ4v) is 4.50. The molecule has 2 N–H and O–H groups in total. The van der Waals surface area contributed by atoms with Crippen LogP contribution in [0.4, 0.5) is 35.4 Å². The fraction of sp³-hybridized carbons (Fsp3) is 0.370. The molecule has 0 spiro atoms. The molecule has 0 unspecified atom stereocenters. The molecule has 0 saturated carbocycles. The molecule has 2 aromatic carbocycles. The van der Waals surface area contributed by atoms with Gasteiger partial charge in [-0.1, -0.05) is 11.6 Å². The summed E-state index contributed by atoms with van der Waals surface area (Å²) in [6.07, 6.45) is -0.197. The average molecular weight is 579 g/mol. The van der Waals surface area contributed by atoms with E-state index < -0.39 is 35.1 Å². The molecule has 13 heteroatoms. The number of anilines is 3. The van der Waals surface area contributed by atoms with Crippen molar-refractivity contribution in [3.8, 4) is 5.75 Å². The zero-order valence-electron chi connectivity index (χ0n) is 22.1. The molecule has 1 aliphatic heterocycles. The van der Waals surface area contributed by atoms with E-state index in [-0.39, 0.29) is 23.1 Å². The maximum absolute atomic E-state index is 14.7. The Morgan fingerprint density at radius 3 is 2.50 bits per heavy atom. The molecule has 0 atom stereocenters. The van der Waals surface area contributed by atoms with E-state index in [0.717, 1.165) is 38.3 Å². The van der Waals surface area contributed by atoms with E-state index in [1.807, 2.05) is 0 Å². The quantitative estimate of drug-likeness (QED) is 0.310. The van der Waals surface area contributed by atoms with Gasteiger partial charge in [0.15, 0.2) is 11.6 Å². The highest BCUT2D eigenvalue weighted by atomic mass is 35.5. The molecule has 1 saturated heterocycles. The van der Waals surface area contributed by atoms with E-state index in [4.69, 9.17) is 16.3 Å². The van der Waals surface area contributed by atoms with Gasteiger partial charge in [0, 0.05) is 62.3 Å². The molecular formula is C27H30ClF3N6O3. The van der Waals surface area contributed by atoms with Crippen molar-refractivity contribution in [1.29, 1.82) is 0 Å². The smallest absolute Gasteiger partial charge is 0.413 e. The van der Waals surface area contributed by atoms with Crippen LogP contribution in [0.15, 0.2) is 42.6 Å². The number of hydrogen-bond acceptors (Lipinski definition) is 7. The fourth-order valence-electron chi connectivity index (χ4n) is 4.29. The highest BCUT2D eigenvalue weighted by molar-refractivity contribution is 6.31. The Labute approximate surface area is 235 Å². The zero-order valence-corrected chi connectivity index (χ0v) is 22.8. The van der Waals surface area contributed by atoms with Crippen LogP contribution in [-0.4, -0.2) is 76.3 Å². The summed E-state index contributed by atoms with van der Waals surface area (Å²) in [5.41, 5.74) is -0.0411. The molecule has 3 aromatic rings. The van der Waals surface area contributed by atoms with Gasteiger partial charge in [-0.2, -0.15) is 4.98 Å². The summed E-state index contributed by atoms with van der Waals surface area (Å²) in [5.74, 6) is -2.40. The molecule has 0 bridgehead atoms. The van der Waals surface area contributed by atoms with Gasteiger partial charge in [-0.25, -0.2) is 22.9 Å². The first kappa shape index (κ1) is 29.4. The van der Waals surface area contributed by atoms with Crippen molar-refractivity contribution in [1.82, 2.24) is 19.8 Å². The minimum atomic E-state index is -1.47. The van der Waals surface area contributed by atoms with Gasteiger partial charge in [0.05, 0.1) is 11.6 Å². The third-order valence-corrected chi connectivity index (χ3v) is 7.00. The lowest BCUT2D eigenvalue weighted by Crippen LogP contribution is -2.49. The highest BCUT2D eigenvalue weighted by Crippen LogP contribution is 2.27. The Morgan fingerprint density at radius 2 is 1.82 bits per heavy atom. The number of nitrogens with zero attached hydrogens (tertiary/aromatic N) is 5. The Balaban J connectivity index is 1.38. The SMILES string of the molecule is CC(C)N1CCN(CCOc2ccc(Nc3nccc(N(Cc4c(F)ccc(F)c4Cl)C(=O)O)n3)cc2F)CC1. The molecule has 0 radical (unpaired) electrons. The predicted octanol–water partition coefficient (Wildman–Crippen LogP) is 5.38. The number of carbonyl (C=O) groups is 1. The van der Waals surface area contributed by atoms with Crippen LogP contribution in [-0.2, 0) is 6.54 Å². The lowest BCUT2D eigenvalue weighted by molar-refractivity contribution is 0.0965. The maximum Gasteiger partial charge on any atom is 0.413 e. The summed E-state index contributed by atoms with van der Waals surface area (Å²) in [5, 5.41) is 12.0. The second kappa shape index (κ2) is 13.2. The molecule has 2 heterocycles. The Kier molecular flexibility index (Phi) is 9.67. The number of benzene rings is 2. The lowest BCUT2D eigenvalue weighted by Gasteiger charge is -2.36. The molecule has 1 amide bonds. The molecule has 0 aliphatic carbocycles. The van der Waals surface area contributed by atoms with E-state index in [1.54, 1.807) is 6.07 Å². The van der Waals surface area contributed by atoms with Crippen LogP contribution in [0, 0.1) is 17.5 Å². The Bertz CT molecular complexity index is 1340. The van der Waals surface area contributed by atoms with Gasteiger partial charge >= 0.3 is 6.09 Å². The number of carboxylic acid groups (broad SMARTS) is 1. The van der Waals surface area contributed by atoms with E-state index in [9.17, 15) is 23.1 Å². The summed E-state index contributed by atoms with van der Waals surface area (Å²) >= 11 is 5.86. The van der Waals surface area contributed by atoms with Gasteiger partial charge in [-0.3, -0.25) is 14.7 Å². The second-order valence-corrected chi connectivity index (χ2v) is 9.90. The molecule has 1 aliphatic rings. The standard InChI is InChI=1S/C27H30ClF3N6O3/c1-17(2)36-11-9-35(10-12-36)13-14-40-23-6-3-18(15-22(23)31)33-26-32-8-7-24(34-26)37(27(38)39)16-19-20(29)4-5-21(30)25(19)28/h3-8,15,17H,9-14,16H2,1-2H3,(H,38,39)(H,32,33,34). The number of ether oxygens (including phenoxy) is 1. The topological polar surface area (TPSA) is 94.1 Å². The van der Waals surface area contributed by atoms with Crippen LogP contribution >= 0.6 is 11.6 Å². The monoisotopic (exact) mass is 578 g/mol. The van der Waals surface area contributed by atoms with Crippen molar-refractivity contribution in [3.05, 3.63) is 70.6 Å². The Morgan fingerprint density at radius 1 is 1.10 bits per heavy atom. The van der Waals surface area contributed by atoms with Crippen molar-refractivity contribution in [2.45, 2.75) is 26.4 Å². The van der Waals surface area contributed by atoms with Crippen molar-refractivity contribution < 1.29 is 27.8 Å². The van der Waals surface area contributed by atoms with Crippen LogP contribution in [0.3, 0.4) is 0 Å². The molecule has 1 aromatic heterocycles. The van der Waals surface area contributed by atoms with E-state index >= 15 is 0 Å². The van der Waals surface area contributed by atoms with Crippen molar-refractivity contribution in [2.75, 3.05) is 49.5 Å². The Hall–Kier alpha value is -3.61. The summed E-state index contributed by atoms with van der Waals surface area (Å²) < 4.78 is 48.5. The number of aromatic nitrogens is 2. The number of nitrogens with one attached hydrogen (secondary N) is 1. The zero-order chi connectivity index (χ0) is 28.8. The lowest BCUT2D eigenvalue weighted by atomic mass is 10.2. The molecule has 214 valence electrons. The van der Waals surface area contributed by atoms with Gasteiger partial charge in [-0.05, 0) is 44.2 Å². The predicted molar refractivity (Wildman–Crippen MR) is 146 cm³/mol. The van der Waals surface area contributed by atoms with E-state index in [1.165, 1.54) is 24.4 Å². The molecule has 9 nitrogen and oxygen atoms in total. The minimum Gasteiger partial charge on any atom is -0.489 e. The van der Waals surface area contributed by atoms with Gasteiger partial charge < -0.3 is 15.2 Å². The summed E-state index contributed by atoms with van der Waals surface area (Å²) in [7, 11) is 0. The highest BCUT2D eigenvalue weighted by Gasteiger charge is 2.22. The average Bonchev–Trinajstić information content (AvgIpc) is 2.92. The first-order valence-corrected chi connectivity index (χ1v) is 13.1. The van der Waals surface area contributed by atoms with Crippen molar-refractivity contribution in [3.63, 3.8) is 0 Å². The maximum atomic E-state index is 14.7. The van der Waals surface area contributed by atoms with E-state index in [2.05, 4.69) is 38.9 Å². The van der Waals surface area contributed by atoms with Gasteiger partial charge in [-0.15, -0.1) is 0 Å². The number of halogens is 4. The first-order valence-electron chi connectivity index (χ1n) is 12.7. The number of hydrogen-bond donors (Lipinski definition) is 2. The van der Waals surface area contributed by atoms with Crippen molar-refractivity contribution in [2.24, 2.45) is 0 Å². The molecule has 40 heavy (non-hydrogen) atoms. The van der Waals surface area contributed by atoms with Crippen LogP contribution in [0.2, 0.25) is 5.02 Å². The van der Waals surface area contributed by atoms with Gasteiger partial charge in [0.1, 0.15) is 24.1 Å². The number of rotatable bonds is 10. The molecule has 4 rings (SSSR count). The van der Waals surface area contributed by atoms with Crippen LogP contribution in [0.25, 0.3) is 0 Å². The molecular weight excluding hydrogens is 549 g/mol. The third-order valence-electron chi connectivity index (χ3n) is 6.59. The van der Waals surface area contributed by atoms with Crippen LogP contribution < -0.4 is 15.0 Å². The number of piperazine rings is 1. The summed E-state index contributed by atoms with van der Waals surface area (Å²) in [4.78, 5) is 25.5. The summed E-state index contributed by atoms with van der Waals surface area (Å²) in [6, 6.07) is 7.78. The first-order chi connectivity index (χ1) is 19.1. The van der Waals surface area contributed by atoms with Crippen LogP contribution in [0.1, 0.15) is 19.4 Å². The van der Waals surface area contributed by atoms with Gasteiger partial charge in [0.25, 0.3) is 0 Å². The van der Waals surface area contributed by atoms with Crippen molar-refractivity contribution >= 4 is 35.1 Å². The largest absolute Gasteiger partial charge is 0.489 e. The summed E-state index contributed by atoms with van der Waals surface area (Å²) in [6.45, 7) is 8.68. The number of amides is 1. The normalized spacial score (nSPS) is 14.4. The molecule has 1 fully saturated rings. The van der Waals surface area contributed by atoms with E-state index in [0.29, 0.717) is 29.8 Å². The minimum absolute atomic E-state index is 0.0387. The second-order valence-electron chi connectivity index (χ2n) is 9.52. The van der Waals surface area contributed by atoms with Crippen LogP contribution in [0.5, 0.6) is 5.75 Å².